The second-order valence-electron chi connectivity index (χ2n) is 9.83. The Morgan fingerprint density at radius 3 is 2.31 bits per heavy atom. The van der Waals surface area contributed by atoms with E-state index in [1.165, 1.54) is 12.5 Å². The number of nitrogens with one attached hydrogen (secondary N) is 2. The predicted octanol–water partition coefficient (Wildman–Crippen LogP) is 4.46. The first-order valence-corrected chi connectivity index (χ1v) is 12.7. The molecule has 2 aliphatic rings. The van der Waals surface area contributed by atoms with Gasteiger partial charge in [0.1, 0.15) is 0 Å². The van der Waals surface area contributed by atoms with Gasteiger partial charge in [0.15, 0.2) is 9.84 Å². The molecule has 2 N–H and O–H groups in total. The van der Waals surface area contributed by atoms with Gasteiger partial charge in [-0.1, -0.05) is 25.3 Å². The van der Waals surface area contributed by atoms with Crippen molar-refractivity contribution in [3.8, 4) is 0 Å². The maximum atomic E-state index is 13.2. The van der Waals surface area contributed by atoms with Crippen LogP contribution in [0.25, 0.3) is 0 Å². The SMILES string of the molecule is CNC1(CC(=O)NC2CC(C(C)(C)S(=O)(=O)c3cccc(C(F)(F)F)c3)C2)CCCCC1. The van der Waals surface area contributed by atoms with Crippen molar-refractivity contribution in [3.63, 3.8) is 0 Å². The van der Waals surface area contributed by atoms with Crippen molar-refractivity contribution in [2.24, 2.45) is 5.92 Å². The fraction of sp³-hybridized carbons (Fsp3) is 0.696. The second kappa shape index (κ2) is 8.97. The molecular formula is C23H33F3N2O3S. The zero-order valence-electron chi connectivity index (χ0n) is 18.9. The zero-order chi connectivity index (χ0) is 23.8. The third-order valence-corrected chi connectivity index (χ3v) is 10.1. The van der Waals surface area contributed by atoms with Gasteiger partial charge in [-0.05, 0) is 70.7 Å². The fourth-order valence-electron chi connectivity index (χ4n) is 5.00. The third kappa shape index (κ3) is 4.98. The monoisotopic (exact) mass is 474 g/mol. The highest BCUT2D eigenvalue weighted by molar-refractivity contribution is 7.92. The normalized spacial score (nSPS) is 23.9. The van der Waals surface area contributed by atoms with Crippen molar-refractivity contribution in [1.82, 2.24) is 10.6 Å². The zero-order valence-corrected chi connectivity index (χ0v) is 19.7. The summed E-state index contributed by atoms with van der Waals surface area (Å²) in [4.78, 5) is 12.3. The molecule has 2 saturated carbocycles. The summed E-state index contributed by atoms with van der Waals surface area (Å²) in [7, 11) is -2.10. The van der Waals surface area contributed by atoms with E-state index in [1.807, 2.05) is 7.05 Å². The van der Waals surface area contributed by atoms with E-state index in [-0.39, 0.29) is 28.3 Å². The minimum Gasteiger partial charge on any atom is -0.353 e. The quantitative estimate of drug-likeness (QED) is 0.612. The predicted molar refractivity (Wildman–Crippen MR) is 117 cm³/mol. The molecule has 2 aliphatic carbocycles. The average Bonchev–Trinajstić information content (AvgIpc) is 2.70. The Kier molecular flexibility index (Phi) is 7.01. The van der Waals surface area contributed by atoms with Gasteiger partial charge < -0.3 is 10.6 Å². The summed E-state index contributed by atoms with van der Waals surface area (Å²) in [5.41, 5.74) is -1.15. The van der Waals surface area contributed by atoms with Crippen LogP contribution >= 0.6 is 0 Å². The topological polar surface area (TPSA) is 75.3 Å². The number of carbonyl (C=O) groups is 1. The van der Waals surface area contributed by atoms with Crippen LogP contribution in [0, 0.1) is 5.92 Å². The first-order chi connectivity index (χ1) is 14.8. The third-order valence-electron chi connectivity index (χ3n) is 7.49. The molecule has 0 atom stereocenters. The number of carbonyl (C=O) groups excluding carboxylic acids is 1. The summed E-state index contributed by atoms with van der Waals surface area (Å²) in [6.07, 6.45) is 2.08. The van der Waals surface area contributed by atoms with Crippen LogP contribution in [0.3, 0.4) is 0 Å². The molecule has 5 nitrogen and oxygen atoms in total. The van der Waals surface area contributed by atoms with Gasteiger partial charge in [-0.2, -0.15) is 13.2 Å². The van der Waals surface area contributed by atoms with Gasteiger partial charge in [0, 0.05) is 18.0 Å². The smallest absolute Gasteiger partial charge is 0.353 e. The molecule has 0 saturated heterocycles. The largest absolute Gasteiger partial charge is 0.416 e. The molecule has 9 heteroatoms. The van der Waals surface area contributed by atoms with E-state index in [9.17, 15) is 26.4 Å². The van der Waals surface area contributed by atoms with E-state index < -0.39 is 26.3 Å². The Labute approximate surface area is 188 Å². The van der Waals surface area contributed by atoms with Crippen molar-refractivity contribution in [3.05, 3.63) is 29.8 Å². The van der Waals surface area contributed by atoms with E-state index in [0.29, 0.717) is 25.3 Å². The van der Waals surface area contributed by atoms with Gasteiger partial charge in [0.25, 0.3) is 0 Å². The lowest BCUT2D eigenvalue weighted by Crippen LogP contribution is -2.55. The fourth-order valence-corrected chi connectivity index (χ4v) is 6.77. The Morgan fingerprint density at radius 1 is 1.12 bits per heavy atom. The van der Waals surface area contributed by atoms with E-state index in [1.54, 1.807) is 13.8 Å². The maximum absolute atomic E-state index is 13.2. The van der Waals surface area contributed by atoms with Crippen LogP contribution in [-0.4, -0.2) is 37.7 Å². The summed E-state index contributed by atoms with van der Waals surface area (Å²) >= 11 is 0. The van der Waals surface area contributed by atoms with Crippen LogP contribution in [0.2, 0.25) is 0 Å². The van der Waals surface area contributed by atoms with Crippen molar-refractivity contribution >= 4 is 15.7 Å². The first kappa shape index (κ1) is 25.0. The molecule has 1 amide bonds. The molecule has 0 spiro atoms. The molecule has 0 unspecified atom stereocenters. The minimum atomic E-state index is -4.61. The van der Waals surface area contributed by atoms with Crippen molar-refractivity contribution in [2.45, 2.75) is 92.6 Å². The summed E-state index contributed by atoms with van der Waals surface area (Å²) < 4.78 is 64.2. The van der Waals surface area contributed by atoms with E-state index in [2.05, 4.69) is 10.6 Å². The molecule has 1 aromatic carbocycles. The lowest BCUT2D eigenvalue weighted by atomic mass is 9.72. The van der Waals surface area contributed by atoms with Crippen LogP contribution in [0.15, 0.2) is 29.2 Å². The number of hydrogen-bond donors (Lipinski definition) is 2. The maximum Gasteiger partial charge on any atom is 0.416 e. The highest BCUT2D eigenvalue weighted by atomic mass is 32.2. The molecular weight excluding hydrogens is 441 g/mol. The molecule has 0 heterocycles. The summed E-state index contributed by atoms with van der Waals surface area (Å²) in [6.45, 7) is 3.12. The Morgan fingerprint density at radius 2 is 1.75 bits per heavy atom. The Hall–Kier alpha value is -1.61. The molecule has 180 valence electrons. The number of hydrogen-bond acceptors (Lipinski definition) is 4. The number of amides is 1. The summed E-state index contributed by atoms with van der Waals surface area (Å²) in [6, 6.07) is 3.80. The van der Waals surface area contributed by atoms with Crippen molar-refractivity contribution in [1.29, 1.82) is 0 Å². The second-order valence-corrected chi connectivity index (χ2v) is 12.4. The number of halogens is 3. The minimum absolute atomic E-state index is 0.0387. The highest BCUT2D eigenvalue weighted by Gasteiger charge is 2.49. The molecule has 0 aliphatic heterocycles. The number of rotatable bonds is 7. The van der Waals surface area contributed by atoms with Crippen LogP contribution < -0.4 is 10.6 Å². The van der Waals surface area contributed by atoms with Gasteiger partial charge in [-0.15, -0.1) is 0 Å². The molecule has 1 aromatic rings. The number of benzene rings is 1. The molecule has 2 fully saturated rings. The van der Waals surface area contributed by atoms with Gasteiger partial charge in [0.05, 0.1) is 15.2 Å². The van der Waals surface area contributed by atoms with Crippen LogP contribution in [0.4, 0.5) is 13.2 Å². The Balaban J connectivity index is 1.62. The molecule has 32 heavy (non-hydrogen) atoms. The molecule has 0 bridgehead atoms. The standard InChI is InChI=1S/C23H33F3N2O3S/c1-21(2,32(30,31)19-9-7-8-16(14-19)23(24,25)26)17-12-18(13-17)28-20(29)15-22(27-3)10-5-4-6-11-22/h7-9,14,17-18,27H,4-6,10-13,15H2,1-3H3,(H,28,29). The highest BCUT2D eigenvalue weighted by Crippen LogP contribution is 2.44. The van der Waals surface area contributed by atoms with Crippen LogP contribution in [0.1, 0.15) is 70.8 Å². The van der Waals surface area contributed by atoms with E-state index >= 15 is 0 Å². The van der Waals surface area contributed by atoms with Gasteiger partial charge in [-0.25, -0.2) is 8.42 Å². The lowest BCUT2D eigenvalue weighted by molar-refractivity contribution is -0.137. The Bertz CT molecular complexity index is 932. The summed E-state index contributed by atoms with van der Waals surface area (Å²) in [5, 5.41) is 6.35. The van der Waals surface area contributed by atoms with Gasteiger partial charge >= 0.3 is 6.18 Å². The average molecular weight is 475 g/mol. The van der Waals surface area contributed by atoms with E-state index in [4.69, 9.17) is 0 Å². The van der Waals surface area contributed by atoms with Crippen molar-refractivity contribution in [2.75, 3.05) is 7.05 Å². The first-order valence-electron chi connectivity index (χ1n) is 11.2. The molecule has 3 rings (SSSR count). The van der Waals surface area contributed by atoms with Crippen molar-refractivity contribution < 1.29 is 26.4 Å². The van der Waals surface area contributed by atoms with E-state index in [0.717, 1.165) is 37.8 Å². The summed E-state index contributed by atoms with van der Waals surface area (Å²) in [5.74, 6) is -0.288. The van der Waals surface area contributed by atoms with Gasteiger partial charge in [-0.3, -0.25) is 4.79 Å². The molecule has 0 aromatic heterocycles. The van der Waals surface area contributed by atoms with Crippen LogP contribution in [0.5, 0.6) is 0 Å². The lowest BCUT2D eigenvalue weighted by Gasteiger charge is -2.45. The number of alkyl halides is 3. The number of sulfone groups is 1. The molecule has 0 radical (unpaired) electrons. The van der Waals surface area contributed by atoms with Crippen LogP contribution in [-0.2, 0) is 20.8 Å². The van der Waals surface area contributed by atoms with Gasteiger partial charge in [0.2, 0.25) is 5.91 Å².